The fourth-order valence-corrected chi connectivity index (χ4v) is 6.86. The topological polar surface area (TPSA) is 95.2 Å². The van der Waals surface area contributed by atoms with Gasteiger partial charge < -0.3 is 14.5 Å². The average Bonchev–Trinajstić information content (AvgIpc) is 3.91. The minimum absolute atomic E-state index is 0.319. The lowest BCUT2D eigenvalue weighted by molar-refractivity contribution is 0.237. The van der Waals surface area contributed by atoms with Crippen molar-refractivity contribution < 1.29 is 13.9 Å². The van der Waals surface area contributed by atoms with Crippen LogP contribution in [0.15, 0.2) is 73.2 Å². The molecule has 2 aliphatic rings. The smallest absolute Gasteiger partial charge is 0.181 e. The highest BCUT2D eigenvalue weighted by molar-refractivity contribution is 6.01. The molecule has 6 heterocycles. The van der Waals surface area contributed by atoms with Gasteiger partial charge in [0.2, 0.25) is 0 Å². The van der Waals surface area contributed by atoms with Gasteiger partial charge in [0.1, 0.15) is 30.5 Å². The second-order valence-corrected chi connectivity index (χ2v) is 12.5. The lowest BCUT2D eigenvalue weighted by Gasteiger charge is -2.15. The second-order valence-electron chi connectivity index (χ2n) is 12.5. The Morgan fingerprint density at radius 2 is 1.45 bits per heavy atom. The Bertz CT molecular complexity index is 2010. The van der Waals surface area contributed by atoms with E-state index >= 15 is 0 Å². The van der Waals surface area contributed by atoms with E-state index in [1.165, 1.54) is 31.7 Å². The van der Waals surface area contributed by atoms with E-state index in [4.69, 9.17) is 9.47 Å². The third kappa shape index (κ3) is 6.43. The molecule has 2 fully saturated rings. The van der Waals surface area contributed by atoms with Gasteiger partial charge in [0.25, 0.3) is 0 Å². The normalized spacial score (nSPS) is 15.7. The zero-order valence-corrected chi connectivity index (χ0v) is 26.3. The highest BCUT2D eigenvalue weighted by Gasteiger charge is 2.17. The number of nitrogens with zero attached hydrogens (tertiary/aromatic N) is 5. The quantitative estimate of drug-likeness (QED) is 0.160. The van der Waals surface area contributed by atoms with E-state index in [0.29, 0.717) is 24.6 Å². The summed E-state index contributed by atoms with van der Waals surface area (Å²) < 4.78 is 26.9. The van der Waals surface area contributed by atoms with Crippen LogP contribution in [0.3, 0.4) is 0 Å². The zero-order valence-electron chi connectivity index (χ0n) is 26.3. The minimum Gasteiger partial charge on any atom is -0.492 e. The third-order valence-electron chi connectivity index (χ3n) is 9.32. The first-order valence-electron chi connectivity index (χ1n) is 16.6. The molecule has 2 saturated heterocycles. The molecule has 0 bridgehead atoms. The summed E-state index contributed by atoms with van der Waals surface area (Å²) in [4.78, 5) is 17.5. The van der Waals surface area contributed by atoms with Gasteiger partial charge >= 0.3 is 0 Å². The third-order valence-corrected chi connectivity index (χ3v) is 9.32. The van der Waals surface area contributed by atoms with Crippen molar-refractivity contribution in [2.75, 3.05) is 52.5 Å². The van der Waals surface area contributed by atoms with Crippen molar-refractivity contribution in [3.63, 3.8) is 0 Å². The SMILES string of the molecule is Fc1cc(OCCN2CCCC2)cc(-c2cccc3[nH]c(-c4[nH]nc5ncc(-c6cncc(OCCN7CCCC7)c6)cc45)cc23)c1. The van der Waals surface area contributed by atoms with Gasteiger partial charge in [0.15, 0.2) is 5.65 Å². The number of H-pyrrole nitrogens is 2. The van der Waals surface area contributed by atoms with Crippen molar-refractivity contribution in [3.05, 3.63) is 79.0 Å². The van der Waals surface area contributed by atoms with Crippen LogP contribution in [0.4, 0.5) is 4.39 Å². The number of pyridine rings is 2. The first kappa shape index (κ1) is 29.6. The molecule has 0 aliphatic carbocycles. The Hall–Kier alpha value is -4.80. The summed E-state index contributed by atoms with van der Waals surface area (Å²) in [6.07, 6.45) is 10.4. The van der Waals surface area contributed by atoms with Crippen molar-refractivity contribution >= 4 is 21.9 Å². The van der Waals surface area contributed by atoms with Gasteiger partial charge in [0.05, 0.1) is 17.6 Å². The predicted molar refractivity (Wildman–Crippen MR) is 182 cm³/mol. The highest BCUT2D eigenvalue weighted by atomic mass is 19.1. The lowest BCUT2D eigenvalue weighted by atomic mass is 10.0. The van der Waals surface area contributed by atoms with Crippen molar-refractivity contribution in [1.82, 2.24) is 34.9 Å². The molecule has 0 spiro atoms. The average molecular weight is 632 g/mol. The number of nitrogens with one attached hydrogen (secondary N) is 2. The zero-order chi connectivity index (χ0) is 31.6. The Labute approximate surface area is 272 Å². The van der Waals surface area contributed by atoms with E-state index in [1.807, 2.05) is 42.7 Å². The molecule has 8 rings (SSSR count). The maximum atomic E-state index is 14.8. The fraction of sp³-hybridized carbons (Fsp3) is 0.324. The van der Waals surface area contributed by atoms with Crippen molar-refractivity contribution in [3.8, 4) is 45.1 Å². The molecular formula is C37H38FN7O2. The molecule has 2 aromatic carbocycles. The maximum absolute atomic E-state index is 14.8. The number of rotatable bonds is 11. The molecule has 9 nitrogen and oxygen atoms in total. The number of ether oxygens (including phenoxy) is 2. The summed E-state index contributed by atoms with van der Waals surface area (Å²) in [7, 11) is 0. The van der Waals surface area contributed by atoms with Crippen molar-refractivity contribution in [1.29, 1.82) is 0 Å². The Morgan fingerprint density at radius 3 is 2.23 bits per heavy atom. The summed E-state index contributed by atoms with van der Waals surface area (Å²) in [5.41, 5.74) is 6.79. The molecular weight excluding hydrogens is 593 g/mol. The second kappa shape index (κ2) is 13.1. The number of benzene rings is 2. The fourth-order valence-electron chi connectivity index (χ4n) is 6.86. The monoisotopic (exact) mass is 631 g/mol. The van der Waals surface area contributed by atoms with Crippen LogP contribution in [0.1, 0.15) is 25.7 Å². The van der Waals surface area contributed by atoms with Gasteiger partial charge in [0, 0.05) is 59.0 Å². The number of hydrogen-bond acceptors (Lipinski definition) is 7. The van der Waals surface area contributed by atoms with E-state index in [9.17, 15) is 4.39 Å². The largest absolute Gasteiger partial charge is 0.492 e. The van der Waals surface area contributed by atoms with E-state index in [2.05, 4.69) is 47.1 Å². The Kier molecular flexibility index (Phi) is 8.27. The van der Waals surface area contributed by atoms with Crippen molar-refractivity contribution in [2.24, 2.45) is 0 Å². The summed E-state index contributed by atoms with van der Waals surface area (Å²) in [6.45, 7) is 7.47. The first-order chi connectivity index (χ1) is 23.2. The molecule has 0 amide bonds. The summed E-state index contributed by atoms with van der Waals surface area (Å²) in [6, 6.07) is 17.1. The number of aromatic nitrogens is 5. The standard InChI is InChI=1S/C37H38FN7O2/c38-28-16-25(17-29(20-28)46-14-12-44-8-1-2-9-44)31-6-5-7-34-32(31)21-35(41-34)36-33-19-27(23-40-37(33)43-42-36)26-18-30(24-39-22-26)47-15-13-45-10-3-4-11-45/h5-7,16-24,41H,1-4,8-15H2,(H,40,42,43). The van der Waals surface area contributed by atoms with Gasteiger partial charge in [-0.1, -0.05) is 12.1 Å². The number of fused-ring (bicyclic) bond motifs is 2. The molecule has 0 atom stereocenters. The Morgan fingerprint density at radius 1 is 0.723 bits per heavy atom. The highest BCUT2D eigenvalue weighted by Crippen LogP contribution is 2.36. The molecule has 4 aromatic heterocycles. The van der Waals surface area contributed by atoms with Gasteiger partial charge in [-0.3, -0.25) is 19.9 Å². The molecule has 47 heavy (non-hydrogen) atoms. The molecule has 240 valence electrons. The van der Waals surface area contributed by atoms with E-state index in [1.54, 1.807) is 12.3 Å². The number of hydrogen-bond donors (Lipinski definition) is 2. The van der Waals surface area contributed by atoms with Gasteiger partial charge in [-0.25, -0.2) is 9.37 Å². The van der Waals surface area contributed by atoms with Gasteiger partial charge in [-0.2, -0.15) is 5.10 Å². The van der Waals surface area contributed by atoms with Crippen LogP contribution in [0.25, 0.3) is 55.6 Å². The van der Waals surface area contributed by atoms with Crippen LogP contribution in [0, 0.1) is 5.82 Å². The van der Waals surface area contributed by atoms with Gasteiger partial charge in [-0.15, -0.1) is 0 Å². The maximum Gasteiger partial charge on any atom is 0.181 e. The molecule has 0 radical (unpaired) electrons. The van der Waals surface area contributed by atoms with Crippen LogP contribution in [-0.4, -0.2) is 87.4 Å². The van der Waals surface area contributed by atoms with Crippen LogP contribution < -0.4 is 9.47 Å². The molecule has 10 heteroatoms. The first-order valence-corrected chi connectivity index (χ1v) is 16.6. The predicted octanol–water partition coefficient (Wildman–Crippen LogP) is 6.92. The van der Waals surface area contributed by atoms with Crippen LogP contribution in [0.2, 0.25) is 0 Å². The molecule has 2 aliphatic heterocycles. The van der Waals surface area contributed by atoms with E-state index < -0.39 is 0 Å². The number of likely N-dealkylation sites (tertiary alicyclic amines) is 2. The van der Waals surface area contributed by atoms with Crippen LogP contribution >= 0.6 is 0 Å². The number of aromatic amines is 2. The number of halogens is 1. The van der Waals surface area contributed by atoms with Crippen LogP contribution in [-0.2, 0) is 0 Å². The summed E-state index contributed by atoms with van der Waals surface area (Å²) in [5, 5.41) is 9.53. The summed E-state index contributed by atoms with van der Waals surface area (Å²) >= 11 is 0. The molecule has 0 unspecified atom stereocenters. The van der Waals surface area contributed by atoms with Crippen LogP contribution in [0.5, 0.6) is 11.5 Å². The van der Waals surface area contributed by atoms with Crippen molar-refractivity contribution in [2.45, 2.75) is 25.7 Å². The van der Waals surface area contributed by atoms with E-state index in [0.717, 1.165) is 94.9 Å². The molecule has 6 aromatic rings. The Balaban J connectivity index is 1.05. The molecule has 2 N–H and O–H groups in total. The lowest BCUT2D eigenvalue weighted by Crippen LogP contribution is -2.25. The summed E-state index contributed by atoms with van der Waals surface area (Å²) in [5.74, 6) is 0.968. The van der Waals surface area contributed by atoms with Gasteiger partial charge in [-0.05, 0) is 99.4 Å². The molecule has 0 saturated carbocycles. The van der Waals surface area contributed by atoms with E-state index in [-0.39, 0.29) is 5.82 Å². The minimum atomic E-state index is -0.319.